The van der Waals surface area contributed by atoms with Gasteiger partial charge in [0.1, 0.15) is 6.10 Å². The maximum absolute atomic E-state index is 9.26. The van der Waals surface area contributed by atoms with E-state index < -0.39 is 12.2 Å². The van der Waals surface area contributed by atoms with E-state index in [0.717, 1.165) is 12.8 Å². The summed E-state index contributed by atoms with van der Waals surface area (Å²) in [4.78, 5) is 0. The summed E-state index contributed by atoms with van der Waals surface area (Å²) in [5, 5.41) is 26.8. The van der Waals surface area contributed by atoms with Gasteiger partial charge in [-0.2, -0.15) is 0 Å². The minimum atomic E-state index is -0.967. The van der Waals surface area contributed by atoms with Gasteiger partial charge in [0.15, 0.2) is 0 Å². The third-order valence-electron chi connectivity index (χ3n) is 2.23. The summed E-state index contributed by atoms with van der Waals surface area (Å²) in [5.41, 5.74) is 0. The standard InChI is InChI=1S/C10H22O3/c1-2-3-4-5-6-7-9(12)10(13)8-11/h9-13H,2-8H2,1H3/t9-,10-/m0/s1. The molecule has 0 aromatic rings. The first-order valence-electron chi connectivity index (χ1n) is 5.19. The summed E-state index contributed by atoms with van der Waals surface area (Å²) in [6.45, 7) is 1.81. The van der Waals surface area contributed by atoms with Crippen LogP contribution in [0, 0.1) is 0 Å². The Morgan fingerprint density at radius 3 is 2.08 bits per heavy atom. The van der Waals surface area contributed by atoms with Gasteiger partial charge in [0.05, 0.1) is 12.7 Å². The molecule has 2 atom stereocenters. The van der Waals surface area contributed by atoms with E-state index in [4.69, 9.17) is 10.2 Å². The van der Waals surface area contributed by atoms with Gasteiger partial charge in [-0.25, -0.2) is 0 Å². The van der Waals surface area contributed by atoms with Crippen LogP contribution in [0.15, 0.2) is 0 Å². The van der Waals surface area contributed by atoms with Crippen molar-refractivity contribution < 1.29 is 15.3 Å². The molecule has 0 bridgehead atoms. The van der Waals surface area contributed by atoms with Crippen LogP contribution in [0.25, 0.3) is 0 Å². The van der Waals surface area contributed by atoms with Crippen LogP contribution in [0.3, 0.4) is 0 Å². The molecule has 0 aromatic carbocycles. The van der Waals surface area contributed by atoms with E-state index in [0.29, 0.717) is 6.42 Å². The van der Waals surface area contributed by atoms with E-state index in [1.54, 1.807) is 0 Å². The molecule has 3 nitrogen and oxygen atoms in total. The Bertz CT molecular complexity index is 106. The molecule has 0 fully saturated rings. The third-order valence-corrected chi connectivity index (χ3v) is 2.23. The first-order chi connectivity index (χ1) is 6.22. The molecule has 0 aliphatic heterocycles. The van der Waals surface area contributed by atoms with Crippen molar-refractivity contribution in [3.05, 3.63) is 0 Å². The maximum atomic E-state index is 9.26. The average Bonchev–Trinajstić information content (AvgIpc) is 2.16. The number of unbranched alkanes of at least 4 members (excludes halogenated alkanes) is 4. The van der Waals surface area contributed by atoms with E-state index in [2.05, 4.69) is 6.92 Å². The van der Waals surface area contributed by atoms with Crippen molar-refractivity contribution in [2.75, 3.05) is 6.61 Å². The second kappa shape index (κ2) is 8.48. The van der Waals surface area contributed by atoms with Crippen molar-refractivity contribution in [1.29, 1.82) is 0 Å². The Morgan fingerprint density at radius 1 is 0.923 bits per heavy atom. The fourth-order valence-corrected chi connectivity index (χ4v) is 1.27. The normalized spacial score (nSPS) is 15.7. The highest BCUT2D eigenvalue weighted by atomic mass is 16.4. The van der Waals surface area contributed by atoms with Crippen LogP contribution in [0.4, 0.5) is 0 Å². The third kappa shape index (κ3) is 6.99. The molecule has 0 aliphatic rings. The predicted molar refractivity (Wildman–Crippen MR) is 52.5 cm³/mol. The van der Waals surface area contributed by atoms with Crippen molar-refractivity contribution in [3.63, 3.8) is 0 Å². The zero-order valence-corrected chi connectivity index (χ0v) is 8.45. The van der Waals surface area contributed by atoms with Gasteiger partial charge in [0.25, 0.3) is 0 Å². The molecule has 13 heavy (non-hydrogen) atoms. The Hall–Kier alpha value is -0.120. The van der Waals surface area contributed by atoms with Crippen LogP contribution >= 0.6 is 0 Å². The molecular weight excluding hydrogens is 168 g/mol. The summed E-state index contributed by atoms with van der Waals surface area (Å²) in [6, 6.07) is 0. The highest BCUT2D eigenvalue weighted by Gasteiger charge is 2.13. The van der Waals surface area contributed by atoms with Gasteiger partial charge >= 0.3 is 0 Å². The fraction of sp³-hybridized carbons (Fsp3) is 1.00. The lowest BCUT2D eigenvalue weighted by atomic mass is 10.1. The minimum Gasteiger partial charge on any atom is -0.394 e. The molecule has 0 spiro atoms. The lowest BCUT2D eigenvalue weighted by molar-refractivity contribution is -0.0185. The Morgan fingerprint density at radius 2 is 1.54 bits per heavy atom. The first-order valence-corrected chi connectivity index (χ1v) is 5.19. The van der Waals surface area contributed by atoms with Gasteiger partial charge in [-0.1, -0.05) is 39.0 Å². The Kier molecular flexibility index (Phi) is 8.40. The van der Waals surface area contributed by atoms with Crippen LogP contribution in [0.1, 0.15) is 45.4 Å². The molecule has 3 heteroatoms. The van der Waals surface area contributed by atoms with Crippen LogP contribution < -0.4 is 0 Å². The van der Waals surface area contributed by atoms with Gasteiger partial charge < -0.3 is 15.3 Å². The molecule has 0 aromatic heterocycles. The minimum absolute atomic E-state index is 0.351. The van der Waals surface area contributed by atoms with Crippen molar-refractivity contribution in [2.24, 2.45) is 0 Å². The van der Waals surface area contributed by atoms with E-state index in [1.165, 1.54) is 19.3 Å². The Balaban J connectivity index is 3.21. The van der Waals surface area contributed by atoms with Crippen LogP contribution in [0.2, 0.25) is 0 Å². The highest BCUT2D eigenvalue weighted by Crippen LogP contribution is 2.09. The van der Waals surface area contributed by atoms with E-state index >= 15 is 0 Å². The topological polar surface area (TPSA) is 60.7 Å². The molecular formula is C10H22O3. The molecule has 0 aliphatic carbocycles. The smallest absolute Gasteiger partial charge is 0.103 e. The molecule has 0 rings (SSSR count). The molecule has 80 valence electrons. The van der Waals surface area contributed by atoms with Gasteiger partial charge in [-0.15, -0.1) is 0 Å². The number of aliphatic hydroxyl groups is 3. The number of aliphatic hydroxyl groups excluding tert-OH is 3. The summed E-state index contributed by atoms with van der Waals surface area (Å²) in [5.74, 6) is 0. The second-order valence-corrected chi connectivity index (χ2v) is 3.52. The van der Waals surface area contributed by atoms with Crippen molar-refractivity contribution >= 4 is 0 Å². The number of rotatable bonds is 8. The molecule has 0 radical (unpaired) electrons. The molecule has 0 heterocycles. The van der Waals surface area contributed by atoms with Gasteiger partial charge in [0, 0.05) is 0 Å². The fourth-order valence-electron chi connectivity index (χ4n) is 1.27. The largest absolute Gasteiger partial charge is 0.394 e. The van der Waals surface area contributed by atoms with Gasteiger partial charge in [-0.3, -0.25) is 0 Å². The van der Waals surface area contributed by atoms with Gasteiger partial charge in [0.2, 0.25) is 0 Å². The quantitative estimate of drug-likeness (QED) is 0.502. The van der Waals surface area contributed by atoms with E-state index in [9.17, 15) is 5.11 Å². The van der Waals surface area contributed by atoms with E-state index in [1.807, 2.05) is 0 Å². The predicted octanol–water partition coefficient (Wildman–Crippen LogP) is 1.06. The zero-order chi connectivity index (χ0) is 10.1. The molecule has 0 saturated heterocycles. The molecule has 0 amide bonds. The second-order valence-electron chi connectivity index (χ2n) is 3.52. The molecule has 0 unspecified atom stereocenters. The number of hydrogen-bond donors (Lipinski definition) is 3. The van der Waals surface area contributed by atoms with Crippen LogP contribution in [0.5, 0.6) is 0 Å². The van der Waals surface area contributed by atoms with E-state index in [-0.39, 0.29) is 6.61 Å². The van der Waals surface area contributed by atoms with Crippen molar-refractivity contribution in [1.82, 2.24) is 0 Å². The van der Waals surface area contributed by atoms with Crippen molar-refractivity contribution in [2.45, 2.75) is 57.7 Å². The average molecular weight is 190 g/mol. The maximum Gasteiger partial charge on any atom is 0.103 e. The van der Waals surface area contributed by atoms with Crippen LogP contribution in [-0.2, 0) is 0 Å². The van der Waals surface area contributed by atoms with Crippen molar-refractivity contribution in [3.8, 4) is 0 Å². The lowest BCUT2D eigenvalue weighted by Gasteiger charge is -2.14. The first kappa shape index (κ1) is 12.9. The molecule has 0 saturated carbocycles. The summed E-state index contributed by atoms with van der Waals surface area (Å²) >= 11 is 0. The van der Waals surface area contributed by atoms with Gasteiger partial charge in [-0.05, 0) is 6.42 Å². The monoisotopic (exact) mass is 190 g/mol. The zero-order valence-electron chi connectivity index (χ0n) is 8.45. The summed E-state index contributed by atoms with van der Waals surface area (Å²) in [6.07, 6.45) is 4.53. The summed E-state index contributed by atoms with van der Waals surface area (Å²) in [7, 11) is 0. The SMILES string of the molecule is CCCCCCC[C@H](O)[C@@H](O)CO. The lowest BCUT2D eigenvalue weighted by Crippen LogP contribution is -2.28. The molecule has 3 N–H and O–H groups in total. The van der Waals surface area contributed by atoms with Crippen LogP contribution in [-0.4, -0.2) is 34.1 Å². The summed E-state index contributed by atoms with van der Waals surface area (Å²) < 4.78 is 0. The number of hydrogen-bond acceptors (Lipinski definition) is 3. The Labute approximate surface area is 80.4 Å². The highest BCUT2D eigenvalue weighted by molar-refractivity contribution is 4.65.